The van der Waals surface area contributed by atoms with Crippen molar-refractivity contribution < 1.29 is 13.2 Å². The lowest BCUT2D eigenvalue weighted by Crippen LogP contribution is -2.39. The normalized spacial score (nSPS) is 16.2. The number of hydrogen-bond donors (Lipinski definition) is 1. The molecule has 0 radical (unpaired) electrons. The van der Waals surface area contributed by atoms with Crippen molar-refractivity contribution in [3.63, 3.8) is 0 Å². The maximum atomic E-state index is 12.3. The molecule has 152 valence electrons. The fourth-order valence-electron chi connectivity index (χ4n) is 3.43. The molecule has 1 aliphatic rings. The van der Waals surface area contributed by atoms with Crippen LogP contribution in [0.4, 0.5) is 0 Å². The monoisotopic (exact) mass is 403 g/mol. The first kappa shape index (κ1) is 20.8. The van der Waals surface area contributed by atoms with Crippen molar-refractivity contribution >= 4 is 10.0 Å². The van der Waals surface area contributed by atoms with Gasteiger partial charge in [-0.25, -0.2) is 13.1 Å². The first-order valence-electron chi connectivity index (χ1n) is 9.76. The average Bonchev–Trinajstić information content (AvgIpc) is 2.73. The lowest BCUT2D eigenvalue weighted by molar-refractivity contribution is 0.177. The van der Waals surface area contributed by atoms with Crippen molar-refractivity contribution in [2.24, 2.45) is 5.92 Å². The lowest BCUT2D eigenvalue weighted by atomic mass is 9.97. The third-order valence-corrected chi connectivity index (χ3v) is 6.58. The van der Waals surface area contributed by atoms with Gasteiger partial charge in [-0.2, -0.15) is 0 Å². The Balaban J connectivity index is 1.37. The number of pyridine rings is 1. The summed E-state index contributed by atoms with van der Waals surface area (Å²) in [7, 11) is -1.64. The highest BCUT2D eigenvalue weighted by atomic mass is 32.2. The summed E-state index contributed by atoms with van der Waals surface area (Å²) in [4.78, 5) is 6.76. The van der Waals surface area contributed by atoms with Crippen LogP contribution in [0.25, 0.3) is 0 Å². The van der Waals surface area contributed by atoms with Gasteiger partial charge in [-0.1, -0.05) is 18.2 Å². The van der Waals surface area contributed by atoms with E-state index in [9.17, 15) is 8.42 Å². The Morgan fingerprint density at radius 3 is 2.54 bits per heavy atom. The van der Waals surface area contributed by atoms with E-state index in [1.54, 1.807) is 7.11 Å². The number of rotatable bonds is 9. The topological polar surface area (TPSA) is 71.5 Å². The summed E-state index contributed by atoms with van der Waals surface area (Å²) in [5.74, 6) is 1.28. The Bertz CT molecular complexity index is 818. The Kier molecular flexibility index (Phi) is 7.42. The van der Waals surface area contributed by atoms with E-state index in [4.69, 9.17) is 4.74 Å². The van der Waals surface area contributed by atoms with E-state index in [2.05, 4.69) is 14.6 Å². The van der Waals surface area contributed by atoms with Gasteiger partial charge in [0.1, 0.15) is 5.75 Å². The molecule has 0 spiro atoms. The summed E-state index contributed by atoms with van der Waals surface area (Å²) in [5.41, 5.74) is 2.08. The Labute approximate surface area is 168 Å². The molecule has 1 aromatic carbocycles. The Hall–Kier alpha value is -1.96. The van der Waals surface area contributed by atoms with Gasteiger partial charge in [-0.15, -0.1) is 0 Å². The predicted molar refractivity (Wildman–Crippen MR) is 111 cm³/mol. The molecule has 1 aromatic heterocycles. The number of methoxy groups -OCH3 is 1. The van der Waals surface area contributed by atoms with E-state index in [1.807, 2.05) is 48.7 Å². The summed E-state index contributed by atoms with van der Waals surface area (Å²) in [6.07, 6.45) is 4.34. The summed E-state index contributed by atoms with van der Waals surface area (Å²) in [6, 6.07) is 13.5. The number of aryl methyl sites for hydroxylation is 1. The van der Waals surface area contributed by atoms with Crippen LogP contribution in [0.15, 0.2) is 48.7 Å². The molecule has 2 aromatic rings. The van der Waals surface area contributed by atoms with Crippen LogP contribution in [0, 0.1) is 5.92 Å². The molecule has 0 bridgehead atoms. The highest BCUT2D eigenvalue weighted by Gasteiger charge is 2.21. The first-order chi connectivity index (χ1) is 13.5. The molecule has 0 amide bonds. The summed E-state index contributed by atoms with van der Waals surface area (Å²) >= 11 is 0. The fraction of sp³-hybridized carbons (Fsp3) is 0.476. The molecule has 1 saturated heterocycles. The number of piperidine rings is 1. The average molecular weight is 404 g/mol. The predicted octanol–water partition coefficient (Wildman–Crippen LogP) is 2.46. The van der Waals surface area contributed by atoms with Crippen LogP contribution in [-0.2, 0) is 23.0 Å². The van der Waals surface area contributed by atoms with Gasteiger partial charge in [0.05, 0.1) is 18.6 Å². The van der Waals surface area contributed by atoms with Gasteiger partial charge in [-0.05, 0) is 68.1 Å². The molecular formula is C21H29N3O3S. The molecule has 3 rings (SSSR count). The maximum Gasteiger partial charge on any atom is 0.211 e. The molecule has 1 aliphatic heterocycles. The number of aromatic nitrogens is 1. The van der Waals surface area contributed by atoms with Crippen LogP contribution in [0.3, 0.4) is 0 Å². The summed E-state index contributed by atoms with van der Waals surface area (Å²) in [5, 5.41) is 0. The van der Waals surface area contributed by atoms with Crippen LogP contribution in [0.5, 0.6) is 5.75 Å². The third-order valence-electron chi connectivity index (χ3n) is 5.23. The van der Waals surface area contributed by atoms with E-state index in [0.29, 0.717) is 18.9 Å². The zero-order valence-corrected chi connectivity index (χ0v) is 17.2. The standard InChI is InChI=1S/C21H29N3O3S/c1-27-21-7-5-18(6-8-21)11-15-28(25,26)23-16-19-9-13-24(14-10-19)17-20-4-2-3-12-22-20/h2-8,12,19,23H,9-11,13-17H2,1H3. The van der Waals surface area contributed by atoms with Crippen molar-refractivity contribution in [2.75, 3.05) is 32.5 Å². The minimum atomic E-state index is -3.26. The van der Waals surface area contributed by atoms with E-state index in [0.717, 1.165) is 49.5 Å². The molecular weight excluding hydrogens is 374 g/mol. The van der Waals surface area contributed by atoms with E-state index in [1.165, 1.54) is 0 Å². The molecule has 7 heteroatoms. The zero-order valence-electron chi connectivity index (χ0n) is 16.4. The zero-order chi connectivity index (χ0) is 19.8. The number of ether oxygens (including phenoxy) is 1. The van der Waals surface area contributed by atoms with Gasteiger partial charge < -0.3 is 4.74 Å². The smallest absolute Gasteiger partial charge is 0.211 e. The molecule has 0 saturated carbocycles. The van der Waals surface area contributed by atoms with Crippen molar-refractivity contribution in [2.45, 2.75) is 25.8 Å². The van der Waals surface area contributed by atoms with Gasteiger partial charge in [0.15, 0.2) is 0 Å². The van der Waals surface area contributed by atoms with Gasteiger partial charge in [0.25, 0.3) is 0 Å². The highest BCUT2D eigenvalue weighted by Crippen LogP contribution is 2.18. The van der Waals surface area contributed by atoms with Gasteiger partial charge in [0, 0.05) is 19.3 Å². The maximum absolute atomic E-state index is 12.3. The quantitative estimate of drug-likeness (QED) is 0.696. The van der Waals surface area contributed by atoms with E-state index < -0.39 is 10.0 Å². The molecule has 28 heavy (non-hydrogen) atoms. The Morgan fingerprint density at radius 1 is 1.14 bits per heavy atom. The van der Waals surface area contributed by atoms with Crippen LogP contribution in [0.2, 0.25) is 0 Å². The minimum Gasteiger partial charge on any atom is -0.497 e. The number of likely N-dealkylation sites (tertiary alicyclic amines) is 1. The number of sulfonamides is 1. The molecule has 6 nitrogen and oxygen atoms in total. The molecule has 0 aliphatic carbocycles. The van der Waals surface area contributed by atoms with Gasteiger partial charge >= 0.3 is 0 Å². The third kappa shape index (κ3) is 6.58. The molecule has 1 fully saturated rings. The second kappa shape index (κ2) is 10.0. The molecule has 0 unspecified atom stereocenters. The van der Waals surface area contributed by atoms with Crippen LogP contribution >= 0.6 is 0 Å². The molecule has 0 atom stereocenters. The van der Waals surface area contributed by atoms with E-state index in [-0.39, 0.29) is 5.75 Å². The largest absolute Gasteiger partial charge is 0.497 e. The number of benzene rings is 1. The number of nitrogens with one attached hydrogen (secondary N) is 1. The second-order valence-electron chi connectivity index (χ2n) is 7.31. The molecule has 2 heterocycles. The fourth-order valence-corrected chi connectivity index (χ4v) is 4.57. The van der Waals surface area contributed by atoms with Gasteiger partial charge in [-0.3, -0.25) is 9.88 Å². The summed E-state index contributed by atoms with van der Waals surface area (Å²) < 4.78 is 32.6. The van der Waals surface area contributed by atoms with Crippen molar-refractivity contribution in [1.29, 1.82) is 0 Å². The first-order valence-corrected chi connectivity index (χ1v) is 11.4. The molecule has 1 N–H and O–H groups in total. The van der Waals surface area contributed by atoms with Crippen molar-refractivity contribution in [3.05, 3.63) is 59.9 Å². The SMILES string of the molecule is COc1ccc(CCS(=O)(=O)NCC2CCN(Cc3ccccn3)CC2)cc1. The van der Waals surface area contributed by atoms with Crippen molar-refractivity contribution in [1.82, 2.24) is 14.6 Å². The number of hydrogen-bond acceptors (Lipinski definition) is 5. The van der Waals surface area contributed by atoms with Gasteiger partial charge in [0.2, 0.25) is 10.0 Å². The number of nitrogens with zero attached hydrogens (tertiary/aromatic N) is 2. The van der Waals surface area contributed by atoms with Crippen LogP contribution in [-0.4, -0.2) is 50.8 Å². The lowest BCUT2D eigenvalue weighted by Gasteiger charge is -2.31. The Morgan fingerprint density at radius 2 is 1.89 bits per heavy atom. The highest BCUT2D eigenvalue weighted by molar-refractivity contribution is 7.89. The van der Waals surface area contributed by atoms with Crippen LogP contribution < -0.4 is 9.46 Å². The minimum absolute atomic E-state index is 0.109. The van der Waals surface area contributed by atoms with Crippen molar-refractivity contribution in [3.8, 4) is 5.75 Å². The summed E-state index contributed by atoms with van der Waals surface area (Å²) in [6.45, 7) is 3.35. The van der Waals surface area contributed by atoms with Crippen LogP contribution in [0.1, 0.15) is 24.1 Å². The van der Waals surface area contributed by atoms with E-state index >= 15 is 0 Å². The second-order valence-corrected chi connectivity index (χ2v) is 9.23.